The van der Waals surface area contributed by atoms with Gasteiger partial charge in [0.15, 0.2) is 0 Å². The quantitative estimate of drug-likeness (QED) is 0.0365. The minimum absolute atomic E-state index is 0. The summed E-state index contributed by atoms with van der Waals surface area (Å²) in [7, 11) is 0. The molecule has 0 heterocycles. The summed E-state index contributed by atoms with van der Waals surface area (Å²) in [5.74, 6) is -115. The molecule has 0 unspecified atom stereocenters. The Morgan fingerprint density at radius 3 is 0.532 bits per heavy atom. The summed E-state index contributed by atoms with van der Waals surface area (Å²) in [6.45, 7) is 0. The third-order valence-corrected chi connectivity index (χ3v) is 10.8. The minimum Gasteiger partial charge on any atom is -0.550 e. The van der Waals surface area contributed by atoms with E-state index in [0.717, 1.165) is 0 Å². The van der Waals surface area contributed by atoms with Gasteiger partial charge in [-0.1, -0.05) is 77.0 Å². The summed E-state index contributed by atoms with van der Waals surface area (Å²) >= 11 is 0. The van der Waals surface area contributed by atoms with Crippen molar-refractivity contribution >= 4 is 11.9 Å². The first-order chi connectivity index (χ1) is 33.3. The van der Waals surface area contributed by atoms with Crippen LogP contribution >= 0.6 is 0 Å². The molecule has 0 spiro atoms. The Kier molecular flexibility index (Phi) is 27.6. The Labute approximate surface area is 431 Å². The van der Waals surface area contributed by atoms with E-state index in [0.29, 0.717) is 38.5 Å². The van der Waals surface area contributed by atoms with Crippen LogP contribution in [-0.4, -0.2) is 107 Å². The fourth-order valence-corrected chi connectivity index (χ4v) is 6.06. The van der Waals surface area contributed by atoms with Gasteiger partial charge in [-0.2, -0.15) is 149 Å². The van der Waals surface area contributed by atoms with Crippen LogP contribution in [0, 0.1) is 0 Å². The Bertz CT molecular complexity index is 1680. The third kappa shape index (κ3) is 16.4. The van der Waals surface area contributed by atoms with Crippen molar-refractivity contribution in [3.63, 3.8) is 0 Å². The van der Waals surface area contributed by atoms with E-state index in [4.69, 9.17) is 0 Å². The number of halogens is 34. The number of unbranched alkanes of at least 4 members (excludes halogenated alkanes) is 14. The maximum absolute atomic E-state index is 13.7. The topological polar surface area (TPSA) is 80.3 Å². The molecule has 0 fully saturated rings. The molecule has 0 atom stereocenters. The average molecular weight is 1320 g/mol. The molecule has 456 valence electrons. The molecule has 0 amide bonds. The van der Waals surface area contributed by atoms with E-state index in [1.807, 2.05) is 0 Å². The fraction of sp³-hybridized carbons (Fsp3) is 0.947. The molecule has 0 saturated carbocycles. The molecule has 0 aliphatic carbocycles. The molecule has 0 aliphatic heterocycles. The van der Waals surface area contributed by atoms with Crippen LogP contribution in [0.2, 0.25) is 0 Å². The van der Waals surface area contributed by atoms with Crippen molar-refractivity contribution in [2.45, 2.75) is 224 Å². The molecule has 77 heavy (non-hydrogen) atoms. The van der Waals surface area contributed by atoms with Crippen LogP contribution in [0.4, 0.5) is 149 Å². The van der Waals surface area contributed by atoms with Crippen LogP contribution < -0.4 is 10.2 Å². The van der Waals surface area contributed by atoms with Crippen molar-refractivity contribution in [1.29, 1.82) is 0 Å². The molecule has 39 heteroatoms. The Morgan fingerprint density at radius 2 is 0.364 bits per heavy atom. The van der Waals surface area contributed by atoms with E-state index in [-0.39, 0.29) is 78.7 Å². The SMILES string of the molecule is O=C([O-])CCCCCCCCCCC(F)(F)C(F)(F)C(F)(F)C(F)(F)C(F)(F)C(F)(F)C(F)(F)C(F)(F)F.O=C([O-])CCCCCCCCCCC(F)(F)C(F)(F)C(F)(F)C(F)(F)C(F)(F)C(F)(F)C(F)(F)C(F)(F)F.[Cd+2]. The maximum atomic E-state index is 13.7. The zero-order valence-corrected chi connectivity index (χ0v) is 42.4. The second kappa shape index (κ2) is 27.0. The van der Waals surface area contributed by atoms with Crippen molar-refractivity contribution < 1.29 is 196 Å². The van der Waals surface area contributed by atoms with Crippen molar-refractivity contribution in [1.82, 2.24) is 0 Å². The number of carboxylic acids is 2. The standard InChI is InChI=1S/2C19H21F17O2.Cd/c2*20-12(21,10-8-6-4-2-1-3-5-7-9-11(37)38)13(22,23)14(24,25)15(26,27)16(28,29)17(30,31)18(32,33)19(34,35)36;/h2*1-10H2,(H,37,38);/q;;+2/p-2. The molecule has 0 aromatic heterocycles. The Balaban J connectivity index is -0.00000140. The molecular formula is C38H40CdF34O4. The molecule has 0 aromatic carbocycles. The van der Waals surface area contributed by atoms with Crippen molar-refractivity contribution in [3.8, 4) is 0 Å². The number of aliphatic carboxylic acids is 2. The zero-order valence-electron chi connectivity index (χ0n) is 38.3. The predicted molar refractivity (Wildman–Crippen MR) is 184 cm³/mol. The summed E-state index contributed by atoms with van der Waals surface area (Å²) < 4.78 is 448. The molecular weight excluding hydrogens is 1280 g/mol. The number of carbonyl (C=O) groups excluding carboxylic acids is 2. The van der Waals surface area contributed by atoms with E-state index in [9.17, 15) is 169 Å². The summed E-state index contributed by atoms with van der Waals surface area (Å²) in [5.41, 5.74) is 0. The van der Waals surface area contributed by atoms with Crippen LogP contribution in [0.5, 0.6) is 0 Å². The number of carbonyl (C=O) groups is 2. The van der Waals surface area contributed by atoms with E-state index >= 15 is 0 Å². The van der Waals surface area contributed by atoms with Crippen LogP contribution in [0.25, 0.3) is 0 Å². The van der Waals surface area contributed by atoms with Gasteiger partial charge in [0.25, 0.3) is 0 Å². The molecule has 0 aliphatic rings. The van der Waals surface area contributed by atoms with Gasteiger partial charge < -0.3 is 19.8 Å². The maximum Gasteiger partial charge on any atom is 2.00 e. The number of rotatable bonds is 34. The average Bonchev–Trinajstić information content (AvgIpc) is 3.23. The Hall–Kier alpha value is -2.52. The number of hydrogen-bond acceptors (Lipinski definition) is 4. The van der Waals surface area contributed by atoms with Gasteiger partial charge in [-0.25, -0.2) is 0 Å². The van der Waals surface area contributed by atoms with Crippen LogP contribution in [-0.2, 0) is 36.9 Å². The summed E-state index contributed by atoms with van der Waals surface area (Å²) in [6, 6.07) is 0. The molecule has 0 saturated heterocycles. The minimum atomic E-state index is -8.61. The van der Waals surface area contributed by atoms with Crippen molar-refractivity contribution in [2.75, 3.05) is 0 Å². The summed E-state index contributed by atoms with van der Waals surface area (Å²) in [5, 5.41) is 20.4. The zero-order chi connectivity index (χ0) is 61.3. The first kappa shape index (κ1) is 78.7. The van der Waals surface area contributed by atoms with Gasteiger partial charge in [0.05, 0.1) is 0 Å². The first-order valence-electron chi connectivity index (χ1n) is 21.2. The van der Waals surface area contributed by atoms with Gasteiger partial charge in [0, 0.05) is 24.8 Å². The van der Waals surface area contributed by atoms with Gasteiger partial charge >= 0.3 is 123 Å². The van der Waals surface area contributed by atoms with Crippen LogP contribution in [0.3, 0.4) is 0 Å². The Morgan fingerprint density at radius 1 is 0.221 bits per heavy atom. The van der Waals surface area contributed by atoms with Gasteiger partial charge in [-0.15, -0.1) is 0 Å². The number of carboxylic acid groups (broad SMARTS) is 2. The summed E-state index contributed by atoms with van der Waals surface area (Å²) in [4.78, 5) is 20.4. The van der Waals surface area contributed by atoms with E-state index in [1.165, 1.54) is 0 Å². The van der Waals surface area contributed by atoms with Crippen LogP contribution in [0.1, 0.15) is 128 Å². The second-order valence-corrected chi connectivity index (χ2v) is 16.7. The summed E-state index contributed by atoms with van der Waals surface area (Å²) in [6.07, 6.45) is -20.7. The van der Waals surface area contributed by atoms with Gasteiger partial charge in [0.2, 0.25) is 0 Å². The molecule has 0 aromatic rings. The van der Waals surface area contributed by atoms with Crippen LogP contribution in [0.15, 0.2) is 0 Å². The monoisotopic (exact) mass is 1320 g/mol. The van der Waals surface area contributed by atoms with E-state index in [1.54, 1.807) is 0 Å². The molecule has 0 rings (SSSR count). The molecule has 0 N–H and O–H groups in total. The van der Waals surface area contributed by atoms with Crippen molar-refractivity contribution in [3.05, 3.63) is 0 Å². The third-order valence-electron chi connectivity index (χ3n) is 10.8. The van der Waals surface area contributed by atoms with E-state index in [2.05, 4.69) is 0 Å². The fourth-order valence-electron chi connectivity index (χ4n) is 6.06. The predicted octanol–water partition coefficient (Wildman–Crippen LogP) is 15.3. The smallest absolute Gasteiger partial charge is 0.550 e. The number of hydrogen-bond donors (Lipinski definition) is 0. The normalized spacial score (nSPS) is 15.0. The molecule has 0 bridgehead atoms. The van der Waals surface area contributed by atoms with Gasteiger partial charge in [-0.3, -0.25) is 0 Å². The van der Waals surface area contributed by atoms with Crippen molar-refractivity contribution in [2.24, 2.45) is 0 Å². The van der Waals surface area contributed by atoms with Gasteiger partial charge in [0.1, 0.15) is 0 Å². The molecule has 0 radical (unpaired) electrons. The number of alkyl halides is 34. The largest absolute Gasteiger partial charge is 2.00 e. The molecule has 4 nitrogen and oxygen atoms in total. The first-order valence-corrected chi connectivity index (χ1v) is 21.2. The second-order valence-electron chi connectivity index (χ2n) is 16.7. The van der Waals surface area contributed by atoms with Gasteiger partial charge in [-0.05, 0) is 38.5 Å². The van der Waals surface area contributed by atoms with E-state index < -0.39 is 146 Å².